The summed E-state index contributed by atoms with van der Waals surface area (Å²) in [6.07, 6.45) is -0.946. The summed E-state index contributed by atoms with van der Waals surface area (Å²) in [4.78, 5) is 0. The van der Waals surface area contributed by atoms with Gasteiger partial charge in [0.15, 0.2) is 0 Å². The largest absolute Gasteiger partial charge is 0.375 e. The highest BCUT2D eigenvalue weighted by Crippen LogP contribution is 2.17. The number of halogens is 3. The molecule has 0 aliphatic carbocycles. The number of alkyl halides is 2. The lowest BCUT2D eigenvalue weighted by molar-refractivity contribution is 0.0144. The summed E-state index contributed by atoms with van der Waals surface area (Å²) in [5, 5.41) is 4.06. The van der Waals surface area contributed by atoms with E-state index < -0.39 is 13.0 Å². The van der Waals surface area contributed by atoms with Crippen LogP contribution in [-0.2, 0) is 11.2 Å². The van der Waals surface area contributed by atoms with Gasteiger partial charge in [-0.3, -0.25) is 0 Å². The minimum absolute atomic E-state index is 0.183. The van der Waals surface area contributed by atoms with Crippen molar-refractivity contribution in [2.75, 3.05) is 19.8 Å². The van der Waals surface area contributed by atoms with Crippen LogP contribution >= 0.6 is 11.6 Å². The van der Waals surface area contributed by atoms with E-state index in [4.69, 9.17) is 16.3 Å². The van der Waals surface area contributed by atoms with E-state index >= 15 is 0 Å². The zero-order valence-electron chi connectivity index (χ0n) is 11.0. The number of rotatable bonds is 9. The summed E-state index contributed by atoms with van der Waals surface area (Å²) in [5.41, 5.74) is 1.06. The van der Waals surface area contributed by atoms with Gasteiger partial charge in [0, 0.05) is 17.7 Å². The molecule has 1 aromatic rings. The number of hydrogen-bond acceptors (Lipinski definition) is 2. The molecule has 19 heavy (non-hydrogen) atoms. The van der Waals surface area contributed by atoms with Crippen LogP contribution in [0.25, 0.3) is 0 Å². The Kier molecular flexibility index (Phi) is 7.94. The summed E-state index contributed by atoms with van der Waals surface area (Å²) in [6, 6.07) is 7.85. The van der Waals surface area contributed by atoms with E-state index in [1.807, 2.05) is 31.2 Å². The monoisotopic (exact) mass is 291 g/mol. The van der Waals surface area contributed by atoms with Crippen molar-refractivity contribution in [3.8, 4) is 0 Å². The van der Waals surface area contributed by atoms with E-state index in [1.54, 1.807) is 0 Å². The fraction of sp³-hybridized carbons (Fsp3) is 0.571. The summed E-state index contributed by atoms with van der Waals surface area (Å²) in [5.74, 6) is 0. The fourth-order valence-corrected chi connectivity index (χ4v) is 2.11. The lowest BCUT2D eigenvalue weighted by Gasteiger charge is -2.18. The zero-order valence-corrected chi connectivity index (χ0v) is 11.8. The molecule has 1 atom stereocenters. The predicted molar refractivity (Wildman–Crippen MR) is 74.1 cm³/mol. The summed E-state index contributed by atoms with van der Waals surface area (Å²) in [7, 11) is 0. The standard InChI is InChI=1S/C14H20ClF2NO/c1-2-18-12(7-8-19-10-14(16)17)9-11-5-3-4-6-13(11)15/h3-6,12,14,18H,2,7-10H2,1H3. The highest BCUT2D eigenvalue weighted by atomic mass is 35.5. The van der Waals surface area contributed by atoms with Crippen molar-refractivity contribution in [1.82, 2.24) is 5.32 Å². The third-order valence-electron chi connectivity index (χ3n) is 2.77. The van der Waals surface area contributed by atoms with Crippen LogP contribution < -0.4 is 5.32 Å². The minimum Gasteiger partial charge on any atom is -0.375 e. The first-order chi connectivity index (χ1) is 9.13. The number of hydrogen-bond donors (Lipinski definition) is 1. The Balaban J connectivity index is 2.42. The molecule has 108 valence electrons. The molecule has 0 bridgehead atoms. The maximum Gasteiger partial charge on any atom is 0.261 e. The van der Waals surface area contributed by atoms with E-state index in [0.717, 1.165) is 23.6 Å². The first-order valence-corrected chi connectivity index (χ1v) is 6.84. The van der Waals surface area contributed by atoms with Crippen molar-refractivity contribution in [2.24, 2.45) is 0 Å². The lowest BCUT2D eigenvalue weighted by atomic mass is 10.0. The van der Waals surface area contributed by atoms with Gasteiger partial charge < -0.3 is 10.1 Å². The number of ether oxygens (including phenoxy) is 1. The van der Waals surface area contributed by atoms with E-state index in [9.17, 15) is 8.78 Å². The van der Waals surface area contributed by atoms with Crippen molar-refractivity contribution in [2.45, 2.75) is 32.2 Å². The Morgan fingerprint density at radius 3 is 2.68 bits per heavy atom. The third-order valence-corrected chi connectivity index (χ3v) is 3.14. The molecule has 0 heterocycles. The second-order valence-electron chi connectivity index (χ2n) is 4.30. The smallest absolute Gasteiger partial charge is 0.261 e. The molecule has 0 aliphatic rings. The van der Waals surface area contributed by atoms with Crippen LogP contribution in [0.4, 0.5) is 8.78 Å². The molecular formula is C14H20ClF2NO. The molecule has 0 saturated heterocycles. The molecule has 1 unspecified atom stereocenters. The molecule has 0 aromatic heterocycles. The number of nitrogens with one attached hydrogen (secondary N) is 1. The van der Waals surface area contributed by atoms with E-state index in [-0.39, 0.29) is 6.04 Å². The van der Waals surface area contributed by atoms with Gasteiger partial charge >= 0.3 is 0 Å². The average molecular weight is 292 g/mol. The van der Waals surface area contributed by atoms with E-state index in [1.165, 1.54) is 0 Å². The van der Waals surface area contributed by atoms with Gasteiger partial charge in [0.1, 0.15) is 6.61 Å². The Labute approximate surface area is 118 Å². The third kappa shape index (κ3) is 6.85. The number of benzene rings is 1. The predicted octanol–water partition coefficient (Wildman–Crippen LogP) is 3.53. The first-order valence-electron chi connectivity index (χ1n) is 6.46. The minimum atomic E-state index is -2.40. The number of likely N-dealkylation sites (N-methyl/N-ethyl adjacent to an activating group) is 1. The van der Waals surface area contributed by atoms with Gasteiger partial charge in [-0.15, -0.1) is 0 Å². The van der Waals surface area contributed by atoms with Gasteiger partial charge in [0.25, 0.3) is 6.43 Å². The van der Waals surface area contributed by atoms with Crippen molar-refractivity contribution in [3.05, 3.63) is 34.9 Å². The van der Waals surface area contributed by atoms with Crippen LogP contribution in [0.5, 0.6) is 0 Å². The highest BCUT2D eigenvalue weighted by Gasteiger charge is 2.11. The Morgan fingerprint density at radius 2 is 2.05 bits per heavy atom. The van der Waals surface area contributed by atoms with Gasteiger partial charge in [-0.05, 0) is 31.0 Å². The highest BCUT2D eigenvalue weighted by molar-refractivity contribution is 6.31. The summed E-state index contributed by atoms with van der Waals surface area (Å²) in [6.45, 7) is 2.67. The molecule has 1 N–H and O–H groups in total. The molecule has 1 aromatic carbocycles. The Hall–Kier alpha value is -0.710. The van der Waals surface area contributed by atoms with Gasteiger partial charge in [0.05, 0.1) is 0 Å². The topological polar surface area (TPSA) is 21.3 Å². The maximum absolute atomic E-state index is 11.9. The molecule has 0 amide bonds. The second-order valence-corrected chi connectivity index (χ2v) is 4.71. The quantitative estimate of drug-likeness (QED) is 0.703. The van der Waals surface area contributed by atoms with Crippen molar-refractivity contribution in [3.63, 3.8) is 0 Å². The Morgan fingerprint density at radius 1 is 1.32 bits per heavy atom. The van der Waals surface area contributed by atoms with Crippen LogP contribution in [0, 0.1) is 0 Å². The van der Waals surface area contributed by atoms with E-state index in [0.29, 0.717) is 13.0 Å². The molecule has 0 spiro atoms. The van der Waals surface area contributed by atoms with Gasteiger partial charge in [0.2, 0.25) is 0 Å². The molecule has 2 nitrogen and oxygen atoms in total. The zero-order chi connectivity index (χ0) is 14.1. The Bertz CT molecular complexity index is 363. The summed E-state index contributed by atoms with van der Waals surface area (Å²) >= 11 is 6.11. The van der Waals surface area contributed by atoms with E-state index in [2.05, 4.69) is 5.32 Å². The average Bonchev–Trinajstić information content (AvgIpc) is 2.37. The molecule has 5 heteroatoms. The molecule has 1 rings (SSSR count). The van der Waals surface area contributed by atoms with Crippen LogP contribution in [0.1, 0.15) is 18.9 Å². The van der Waals surface area contributed by atoms with Crippen LogP contribution in [-0.4, -0.2) is 32.2 Å². The second kappa shape index (κ2) is 9.23. The summed E-state index contributed by atoms with van der Waals surface area (Å²) < 4.78 is 28.8. The lowest BCUT2D eigenvalue weighted by Crippen LogP contribution is -2.32. The van der Waals surface area contributed by atoms with Crippen molar-refractivity contribution in [1.29, 1.82) is 0 Å². The first kappa shape index (κ1) is 16.3. The van der Waals surface area contributed by atoms with Gasteiger partial charge in [-0.25, -0.2) is 8.78 Å². The molecule has 0 fully saturated rings. The molecular weight excluding hydrogens is 272 g/mol. The van der Waals surface area contributed by atoms with Crippen LogP contribution in [0.3, 0.4) is 0 Å². The van der Waals surface area contributed by atoms with Crippen molar-refractivity contribution >= 4 is 11.6 Å². The molecule has 0 saturated carbocycles. The maximum atomic E-state index is 11.9. The molecule has 0 radical (unpaired) electrons. The van der Waals surface area contributed by atoms with Crippen LogP contribution in [0.2, 0.25) is 5.02 Å². The fourth-order valence-electron chi connectivity index (χ4n) is 1.89. The molecule has 0 aliphatic heterocycles. The van der Waals surface area contributed by atoms with Gasteiger partial charge in [-0.1, -0.05) is 36.7 Å². The van der Waals surface area contributed by atoms with Gasteiger partial charge in [-0.2, -0.15) is 0 Å². The van der Waals surface area contributed by atoms with Crippen LogP contribution in [0.15, 0.2) is 24.3 Å². The van der Waals surface area contributed by atoms with Crippen molar-refractivity contribution < 1.29 is 13.5 Å². The normalized spacial score (nSPS) is 12.9. The SMILES string of the molecule is CCNC(CCOCC(F)F)Cc1ccccc1Cl.